The van der Waals surface area contributed by atoms with Crippen molar-refractivity contribution in [3.05, 3.63) is 59.5 Å². The van der Waals surface area contributed by atoms with Gasteiger partial charge in [0.2, 0.25) is 5.91 Å². The SMILES string of the molecule is CN1Cc2ccccc2CC2(CCN(Cc3ccco3)CC2)C1=O. The predicted octanol–water partition coefficient (Wildman–Crippen LogP) is 3.08. The smallest absolute Gasteiger partial charge is 0.229 e. The van der Waals surface area contributed by atoms with Crippen LogP contribution in [0.4, 0.5) is 0 Å². The molecule has 0 radical (unpaired) electrons. The van der Waals surface area contributed by atoms with E-state index in [4.69, 9.17) is 4.42 Å². The van der Waals surface area contributed by atoms with Gasteiger partial charge in [-0.1, -0.05) is 24.3 Å². The number of amides is 1. The first-order valence-electron chi connectivity index (χ1n) is 8.73. The summed E-state index contributed by atoms with van der Waals surface area (Å²) in [7, 11) is 1.95. The fraction of sp³-hybridized carbons (Fsp3) is 0.450. The first kappa shape index (κ1) is 15.5. The van der Waals surface area contributed by atoms with Crippen LogP contribution in [0.2, 0.25) is 0 Å². The highest BCUT2D eigenvalue weighted by molar-refractivity contribution is 5.83. The van der Waals surface area contributed by atoms with Gasteiger partial charge in [0.1, 0.15) is 5.76 Å². The second-order valence-corrected chi connectivity index (χ2v) is 7.24. The number of benzene rings is 1. The summed E-state index contributed by atoms with van der Waals surface area (Å²) in [6.07, 6.45) is 4.44. The number of likely N-dealkylation sites (tertiary alicyclic amines) is 1. The van der Waals surface area contributed by atoms with Gasteiger partial charge in [-0.05, 0) is 55.6 Å². The molecule has 3 heterocycles. The van der Waals surface area contributed by atoms with Crippen molar-refractivity contribution in [1.82, 2.24) is 9.80 Å². The molecular formula is C20H24N2O2. The van der Waals surface area contributed by atoms with E-state index < -0.39 is 0 Å². The molecule has 2 aliphatic heterocycles. The molecule has 1 aromatic heterocycles. The topological polar surface area (TPSA) is 36.7 Å². The first-order valence-corrected chi connectivity index (χ1v) is 8.73. The molecule has 4 nitrogen and oxygen atoms in total. The van der Waals surface area contributed by atoms with Crippen molar-refractivity contribution in [2.24, 2.45) is 5.41 Å². The number of piperidine rings is 1. The summed E-state index contributed by atoms with van der Waals surface area (Å²) in [6.45, 7) is 3.46. The molecule has 2 aliphatic rings. The van der Waals surface area contributed by atoms with Crippen LogP contribution in [0, 0.1) is 5.41 Å². The number of nitrogens with zero attached hydrogens (tertiary/aromatic N) is 2. The number of furan rings is 1. The van der Waals surface area contributed by atoms with Crippen LogP contribution in [-0.2, 0) is 24.3 Å². The van der Waals surface area contributed by atoms with Gasteiger partial charge in [-0.2, -0.15) is 0 Å². The Hall–Kier alpha value is -2.07. The van der Waals surface area contributed by atoms with Gasteiger partial charge in [-0.15, -0.1) is 0 Å². The minimum Gasteiger partial charge on any atom is -0.468 e. The Morgan fingerprint density at radius 1 is 1.08 bits per heavy atom. The molecule has 0 saturated carbocycles. The zero-order chi connectivity index (χ0) is 16.6. The van der Waals surface area contributed by atoms with Crippen molar-refractivity contribution in [2.45, 2.75) is 32.4 Å². The molecule has 1 amide bonds. The second kappa shape index (κ2) is 6.10. The lowest BCUT2D eigenvalue weighted by molar-refractivity contribution is -0.144. The Balaban J connectivity index is 1.53. The molecule has 0 aliphatic carbocycles. The van der Waals surface area contributed by atoms with Crippen molar-refractivity contribution in [3.8, 4) is 0 Å². The highest BCUT2D eigenvalue weighted by Gasteiger charge is 2.44. The number of hydrogen-bond acceptors (Lipinski definition) is 3. The number of rotatable bonds is 2. The molecule has 126 valence electrons. The molecule has 2 aromatic rings. The zero-order valence-electron chi connectivity index (χ0n) is 14.2. The number of carbonyl (C=O) groups is 1. The molecule has 4 heteroatoms. The summed E-state index contributed by atoms with van der Waals surface area (Å²) >= 11 is 0. The fourth-order valence-electron chi connectivity index (χ4n) is 4.21. The van der Waals surface area contributed by atoms with Crippen molar-refractivity contribution in [1.29, 1.82) is 0 Å². The van der Waals surface area contributed by atoms with E-state index in [1.165, 1.54) is 11.1 Å². The van der Waals surface area contributed by atoms with Crippen LogP contribution in [0.3, 0.4) is 0 Å². The molecular weight excluding hydrogens is 300 g/mol. The Labute approximate surface area is 143 Å². The van der Waals surface area contributed by atoms with Gasteiger partial charge in [0.25, 0.3) is 0 Å². The van der Waals surface area contributed by atoms with Crippen molar-refractivity contribution in [3.63, 3.8) is 0 Å². The summed E-state index contributed by atoms with van der Waals surface area (Å²) in [4.78, 5) is 17.4. The molecule has 1 fully saturated rings. The van der Waals surface area contributed by atoms with Crippen molar-refractivity contribution in [2.75, 3.05) is 20.1 Å². The normalized spacial score (nSPS) is 20.9. The van der Waals surface area contributed by atoms with Gasteiger partial charge in [0.15, 0.2) is 0 Å². The molecule has 1 spiro atoms. The van der Waals surface area contributed by atoms with E-state index in [-0.39, 0.29) is 5.41 Å². The average molecular weight is 324 g/mol. The monoisotopic (exact) mass is 324 g/mol. The van der Waals surface area contributed by atoms with Gasteiger partial charge >= 0.3 is 0 Å². The van der Waals surface area contributed by atoms with Crippen LogP contribution in [0.1, 0.15) is 29.7 Å². The summed E-state index contributed by atoms with van der Waals surface area (Å²) in [5, 5.41) is 0. The third-order valence-electron chi connectivity index (χ3n) is 5.63. The Morgan fingerprint density at radius 2 is 1.83 bits per heavy atom. The minimum atomic E-state index is -0.235. The van der Waals surface area contributed by atoms with E-state index in [0.717, 1.165) is 51.2 Å². The van der Waals surface area contributed by atoms with E-state index in [2.05, 4.69) is 29.2 Å². The van der Waals surface area contributed by atoms with Gasteiger partial charge < -0.3 is 9.32 Å². The van der Waals surface area contributed by atoms with Gasteiger partial charge in [0, 0.05) is 13.6 Å². The Kier molecular flexibility index (Phi) is 3.93. The predicted molar refractivity (Wildman–Crippen MR) is 92.3 cm³/mol. The van der Waals surface area contributed by atoms with E-state index in [1.54, 1.807) is 6.26 Å². The zero-order valence-corrected chi connectivity index (χ0v) is 14.2. The van der Waals surface area contributed by atoms with E-state index >= 15 is 0 Å². The summed E-state index contributed by atoms with van der Waals surface area (Å²) in [5.41, 5.74) is 2.40. The first-order chi connectivity index (χ1) is 11.7. The van der Waals surface area contributed by atoms with E-state index in [0.29, 0.717) is 5.91 Å². The maximum atomic E-state index is 13.1. The third kappa shape index (κ3) is 2.75. The third-order valence-corrected chi connectivity index (χ3v) is 5.63. The van der Waals surface area contributed by atoms with Crippen molar-refractivity contribution >= 4 is 5.91 Å². The molecule has 0 unspecified atom stereocenters. The van der Waals surface area contributed by atoms with Crippen LogP contribution >= 0.6 is 0 Å². The lowest BCUT2D eigenvalue weighted by Crippen LogP contribution is -2.49. The Bertz CT molecular complexity index is 715. The average Bonchev–Trinajstić information content (AvgIpc) is 3.07. The quantitative estimate of drug-likeness (QED) is 0.852. The largest absolute Gasteiger partial charge is 0.468 e. The van der Waals surface area contributed by atoms with Gasteiger partial charge in [-0.25, -0.2) is 0 Å². The maximum Gasteiger partial charge on any atom is 0.229 e. The highest BCUT2D eigenvalue weighted by Crippen LogP contribution is 2.40. The number of fused-ring (bicyclic) bond motifs is 1. The van der Waals surface area contributed by atoms with E-state index in [1.807, 2.05) is 24.1 Å². The standard InChI is InChI=1S/C20H24N2O2/c1-21-14-17-6-3-2-5-16(17)13-20(19(21)23)8-10-22(11-9-20)15-18-7-4-12-24-18/h2-7,12H,8-11,13-15H2,1H3. The van der Waals surface area contributed by atoms with Crippen LogP contribution in [-0.4, -0.2) is 35.8 Å². The molecule has 0 atom stereocenters. The lowest BCUT2D eigenvalue weighted by Gasteiger charge is -2.41. The van der Waals surface area contributed by atoms with Crippen LogP contribution < -0.4 is 0 Å². The highest BCUT2D eigenvalue weighted by atomic mass is 16.3. The number of hydrogen-bond donors (Lipinski definition) is 0. The van der Waals surface area contributed by atoms with Crippen LogP contribution in [0.25, 0.3) is 0 Å². The molecule has 0 N–H and O–H groups in total. The molecule has 1 saturated heterocycles. The lowest BCUT2D eigenvalue weighted by atomic mass is 9.73. The second-order valence-electron chi connectivity index (χ2n) is 7.24. The minimum absolute atomic E-state index is 0.235. The molecule has 4 rings (SSSR count). The van der Waals surface area contributed by atoms with Crippen LogP contribution in [0.5, 0.6) is 0 Å². The summed E-state index contributed by atoms with van der Waals surface area (Å²) < 4.78 is 5.46. The maximum absolute atomic E-state index is 13.1. The fourth-order valence-corrected chi connectivity index (χ4v) is 4.21. The summed E-state index contributed by atoms with van der Waals surface area (Å²) in [6, 6.07) is 12.5. The van der Waals surface area contributed by atoms with E-state index in [9.17, 15) is 4.79 Å². The molecule has 0 bridgehead atoms. The molecule has 24 heavy (non-hydrogen) atoms. The molecule has 1 aromatic carbocycles. The van der Waals surface area contributed by atoms with Gasteiger partial charge in [-0.3, -0.25) is 9.69 Å². The summed E-state index contributed by atoms with van der Waals surface area (Å²) in [5.74, 6) is 1.32. The number of carbonyl (C=O) groups excluding carboxylic acids is 1. The van der Waals surface area contributed by atoms with Crippen LogP contribution in [0.15, 0.2) is 47.1 Å². The Morgan fingerprint density at radius 3 is 2.54 bits per heavy atom. The van der Waals surface area contributed by atoms with Crippen molar-refractivity contribution < 1.29 is 9.21 Å². The van der Waals surface area contributed by atoms with Gasteiger partial charge in [0.05, 0.1) is 18.2 Å².